The molecule has 0 aliphatic heterocycles. The molecule has 1 aromatic rings. The van der Waals surface area contributed by atoms with Gasteiger partial charge in [0.2, 0.25) is 0 Å². The van der Waals surface area contributed by atoms with Crippen LogP contribution in [0.5, 0.6) is 0 Å². The predicted molar refractivity (Wildman–Crippen MR) is 68.9 cm³/mol. The Morgan fingerprint density at radius 3 is 2.30 bits per heavy atom. The molecular formula is C13H16F3NO2S. The molecule has 0 aromatic heterocycles. The topological polar surface area (TPSA) is 60.2 Å². The lowest BCUT2D eigenvalue weighted by atomic mass is 9.96. The highest BCUT2D eigenvalue weighted by Gasteiger charge is 2.41. The van der Waals surface area contributed by atoms with Gasteiger partial charge in [0.15, 0.2) is 9.84 Å². The Balaban J connectivity index is 2.50. The SMILES string of the molecule is NC1CCCCC1S(=O)(=O)c1ccccc1C(F)(F)F. The van der Waals surface area contributed by atoms with Crippen LogP contribution in [0.2, 0.25) is 0 Å². The summed E-state index contributed by atoms with van der Waals surface area (Å²) in [6.45, 7) is 0. The Morgan fingerprint density at radius 1 is 1.10 bits per heavy atom. The molecule has 2 rings (SSSR count). The molecule has 0 radical (unpaired) electrons. The fraction of sp³-hybridized carbons (Fsp3) is 0.538. The third-order valence-corrected chi connectivity index (χ3v) is 6.00. The van der Waals surface area contributed by atoms with Gasteiger partial charge in [-0.1, -0.05) is 25.0 Å². The molecule has 1 aliphatic carbocycles. The fourth-order valence-electron chi connectivity index (χ4n) is 2.62. The van der Waals surface area contributed by atoms with Crippen LogP contribution in [0.15, 0.2) is 29.2 Å². The maximum absolute atomic E-state index is 12.9. The summed E-state index contributed by atoms with van der Waals surface area (Å²) in [6, 6.07) is 3.69. The molecule has 0 heterocycles. The minimum atomic E-state index is -4.69. The fourth-order valence-corrected chi connectivity index (χ4v) is 4.78. The van der Waals surface area contributed by atoms with Crippen LogP contribution in [0.1, 0.15) is 31.2 Å². The van der Waals surface area contributed by atoms with Gasteiger partial charge in [-0.3, -0.25) is 0 Å². The first kappa shape index (κ1) is 15.3. The first-order chi connectivity index (χ1) is 9.24. The van der Waals surface area contributed by atoms with Crippen LogP contribution in [0.4, 0.5) is 13.2 Å². The molecule has 1 fully saturated rings. The van der Waals surface area contributed by atoms with E-state index in [1.165, 1.54) is 12.1 Å². The van der Waals surface area contributed by atoms with Gasteiger partial charge in [-0.05, 0) is 25.0 Å². The van der Waals surface area contributed by atoms with Crippen LogP contribution in [-0.2, 0) is 16.0 Å². The highest BCUT2D eigenvalue weighted by atomic mass is 32.2. The van der Waals surface area contributed by atoms with Crippen molar-refractivity contribution in [3.8, 4) is 0 Å². The summed E-state index contributed by atoms with van der Waals surface area (Å²) in [6.07, 6.45) is -2.36. The van der Waals surface area contributed by atoms with Crippen LogP contribution in [0.3, 0.4) is 0 Å². The van der Waals surface area contributed by atoms with Crippen LogP contribution in [0, 0.1) is 0 Å². The van der Waals surface area contributed by atoms with E-state index in [9.17, 15) is 21.6 Å². The van der Waals surface area contributed by atoms with Gasteiger partial charge < -0.3 is 5.73 Å². The van der Waals surface area contributed by atoms with E-state index in [-0.39, 0.29) is 0 Å². The molecule has 0 amide bonds. The van der Waals surface area contributed by atoms with Crippen molar-refractivity contribution >= 4 is 9.84 Å². The van der Waals surface area contributed by atoms with Crippen LogP contribution in [0.25, 0.3) is 0 Å². The second kappa shape index (κ2) is 5.37. The third kappa shape index (κ3) is 2.83. The van der Waals surface area contributed by atoms with E-state index >= 15 is 0 Å². The Bertz CT molecular complexity index is 584. The highest BCUT2D eigenvalue weighted by Crippen LogP contribution is 2.37. The maximum Gasteiger partial charge on any atom is 0.417 e. The van der Waals surface area contributed by atoms with E-state index in [1.54, 1.807) is 0 Å². The van der Waals surface area contributed by atoms with Gasteiger partial charge in [-0.25, -0.2) is 8.42 Å². The van der Waals surface area contributed by atoms with Crippen molar-refractivity contribution in [3.63, 3.8) is 0 Å². The Labute approximate surface area is 115 Å². The molecule has 2 atom stereocenters. The first-order valence-electron chi connectivity index (χ1n) is 6.40. The highest BCUT2D eigenvalue weighted by molar-refractivity contribution is 7.92. The number of hydrogen-bond donors (Lipinski definition) is 1. The lowest BCUT2D eigenvalue weighted by Crippen LogP contribution is -2.43. The summed E-state index contributed by atoms with van der Waals surface area (Å²) < 4.78 is 63.8. The van der Waals surface area contributed by atoms with Crippen LogP contribution in [-0.4, -0.2) is 19.7 Å². The summed E-state index contributed by atoms with van der Waals surface area (Å²) in [4.78, 5) is -0.658. The van der Waals surface area contributed by atoms with Crippen molar-refractivity contribution in [2.75, 3.05) is 0 Å². The monoisotopic (exact) mass is 307 g/mol. The summed E-state index contributed by atoms with van der Waals surface area (Å²) in [5, 5.41) is -0.931. The quantitative estimate of drug-likeness (QED) is 0.914. The van der Waals surface area contributed by atoms with Crippen molar-refractivity contribution in [2.45, 2.75) is 48.0 Å². The average Bonchev–Trinajstić information content (AvgIpc) is 2.38. The van der Waals surface area contributed by atoms with E-state index in [1.807, 2.05) is 0 Å². The van der Waals surface area contributed by atoms with Crippen molar-refractivity contribution in [3.05, 3.63) is 29.8 Å². The van der Waals surface area contributed by atoms with Crippen molar-refractivity contribution in [1.82, 2.24) is 0 Å². The van der Waals surface area contributed by atoms with Gasteiger partial charge in [-0.15, -0.1) is 0 Å². The summed E-state index contributed by atoms with van der Waals surface area (Å²) >= 11 is 0. The summed E-state index contributed by atoms with van der Waals surface area (Å²) in [5.41, 5.74) is 4.69. The molecule has 1 aliphatic rings. The van der Waals surface area contributed by atoms with Gasteiger partial charge in [0, 0.05) is 6.04 Å². The molecule has 2 unspecified atom stereocenters. The van der Waals surface area contributed by atoms with E-state index in [2.05, 4.69) is 0 Å². The number of hydrogen-bond acceptors (Lipinski definition) is 3. The number of benzene rings is 1. The van der Waals surface area contributed by atoms with Crippen molar-refractivity contribution < 1.29 is 21.6 Å². The Hall–Kier alpha value is -1.08. The summed E-state index contributed by atoms with van der Waals surface area (Å²) in [5.74, 6) is 0. The van der Waals surface area contributed by atoms with E-state index in [0.29, 0.717) is 19.3 Å². The molecule has 3 nitrogen and oxygen atoms in total. The lowest BCUT2D eigenvalue weighted by Gasteiger charge is -2.29. The average molecular weight is 307 g/mol. The van der Waals surface area contributed by atoms with Crippen molar-refractivity contribution in [1.29, 1.82) is 0 Å². The minimum Gasteiger partial charge on any atom is -0.327 e. The van der Waals surface area contributed by atoms with Crippen molar-refractivity contribution in [2.24, 2.45) is 5.73 Å². The number of alkyl halides is 3. The van der Waals surface area contributed by atoms with Gasteiger partial charge in [0.05, 0.1) is 15.7 Å². The molecule has 0 spiro atoms. The zero-order chi connectivity index (χ0) is 15.0. The van der Waals surface area contributed by atoms with Crippen LogP contribution >= 0.6 is 0 Å². The molecular weight excluding hydrogens is 291 g/mol. The smallest absolute Gasteiger partial charge is 0.327 e. The standard InChI is InChI=1S/C13H16F3NO2S/c14-13(15,16)9-5-1-3-7-11(9)20(18,19)12-8-4-2-6-10(12)17/h1,3,5,7,10,12H,2,4,6,8,17H2. The number of halogens is 3. The largest absolute Gasteiger partial charge is 0.417 e. The molecule has 1 saturated carbocycles. The molecule has 112 valence electrons. The number of nitrogens with two attached hydrogens (primary N) is 1. The lowest BCUT2D eigenvalue weighted by molar-refractivity contribution is -0.139. The van der Waals surface area contributed by atoms with Crippen LogP contribution < -0.4 is 5.73 Å². The number of sulfone groups is 1. The molecule has 7 heteroatoms. The van der Waals surface area contributed by atoms with E-state index in [4.69, 9.17) is 5.73 Å². The third-order valence-electron chi connectivity index (χ3n) is 3.65. The van der Waals surface area contributed by atoms with E-state index < -0.39 is 37.8 Å². The molecule has 0 bridgehead atoms. The first-order valence-corrected chi connectivity index (χ1v) is 7.95. The summed E-state index contributed by atoms with van der Waals surface area (Å²) in [7, 11) is -4.07. The molecule has 2 N–H and O–H groups in total. The second-order valence-electron chi connectivity index (χ2n) is 5.03. The molecule has 1 aromatic carbocycles. The predicted octanol–water partition coefficient (Wildman–Crippen LogP) is 2.75. The van der Waals surface area contributed by atoms with E-state index in [0.717, 1.165) is 18.6 Å². The number of rotatable bonds is 2. The molecule has 20 heavy (non-hydrogen) atoms. The minimum absolute atomic E-state index is 0.315. The maximum atomic E-state index is 12.9. The molecule has 0 saturated heterocycles. The zero-order valence-corrected chi connectivity index (χ0v) is 11.5. The zero-order valence-electron chi connectivity index (χ0n) is 10.7. The Kier molecular flexibility index (Phi) is 4.11. The van der Waals surface area contributed by atoms with Gasteiger partial charge in [0.25, 0.3) is 0 Å². The normalized spacial score (nSPS) is 24.6. The Morgan fingerprint density at radius 2 is 1.70 bits per heavy atom. The van der Waals surface area contributed by atoms with Gasteiger partial charge in [-0.2, -0.15) is 13.2 Å². The van der Waals surface area contributed by atoms with Gasteiger partial charge >= 0.3 is 6.18 Å². The second-order valence-corrected chi connectivity index (χ2v) is 7.16. The van der Waals surface area contributed by atoms with Gasteiger partial charge in [0.1, 0.15) is 0 Å².